The first-order valence-corrected chi connectivity index (χ1v) is 5.76. The van der Waals surface area contributed by atoms with Crippen molar-refractivity contribution in [3.63, 3.8) is 0 Å². The van der Waals surface area contributed by atoms with Crippen LogP contribution in [0.5, 0.6) is 0 Å². The Balaban J connectivity index is 4.33. The van der Waals surface area contributed by atoms with E-state index in [9.17, 15) is 8.42 Å². The zero-order valence-electron chi connectivity index (χ0n) is 8.36. The number of aliphatic hydroxyl groups excluding tert-OH is 2. The number of methoxy groups -OCH3 is 1. The second kappa shape index (κ2) is 5.62. The van der Waals surface area contributed by atoms with Gasteiger partial charge in [0.2, 0.25) is 10.0 Å². The van der Waals surface area contributed by atoms with Gasteiger partial charge in [-0.25, -0.2) is 13.1 Å². The van der Waals surface area contributed by atoms with Crippen LogP contribution in [0.3, 0.4) is 0 Å². The Labute approximate surface area is 83.9 Å². The van der Waals surface area contributed by atoms with E-state index in [2.05, 4.69) is 9.46 Å². The van der Waals surface area contributed by atoms with Crippen LogP contribution in [0.15, 0.2) is 0 Å². The van der Waals surface area contributed by atoms with E-state index < -0.39 is 28.8 Å². The standard InChI is InChI=1S/C7H17NO5S/c1-7(5-9,6-10)8-14(11,12)4-3-13-2/h8-10H,3-6H2,1-2H3. The number of sulfonamides is 1. The molecular formula is C7H17NO5S. The molecule has 0 aliphatic heterocycles. The SMILES string of the molecule is COCCS(=O)(=O)NC(C)(CO)CO. The summed E-state index contributed by atoms with van der Waals surface area (Å²) in [5, 5.41) is 17.7. The van der Waals surface area contributed by atoms with Crippen LogP contribution in [0.25, 0.3) is 0 Å². The van der Waals surface area contributed by atoms with E-state index >= 15 is 0 Å². The van der Waals surface area contributed by atoms with Crippen LogP contribution in [0.4, 0.5) is 0 Å². The number of hydrogen-bond donors (Lipinski definition) is 3. The summed E-state index contributed by atoms with van der Waals surface area (Å²) >= 11 is 0. The largest absolute Gasteiger partial charge is 0.394 e. The highest BCUT2D eigenvalue weighted by Gasteiger charge is 2.27. The van der Waals surface area contributed by atoms with Crippen molar-refractivity contribution in [2.24, 2.45) is 0 Å². The molecule has 0 heterocycles. The van der Waals surface area contributed by atoms with Crippen molar-refractivity contribution in [1.29, 1.82) is 0 Å². The number of nitrogens with one attached hydrogen (secondary N) is 1. The van der Waals surface area contributed by atoms with Crippen molar-refractivity contribution in [1.82, 2.24) is 4.72 Å². The summed E-state index contributed by atoms with van der Waals surface area (Å²) in [5.74, 6) is -0.195. The normalized spacial score (nSPS) is 13.1. The van der Waals surface area contributed by atoms with Crippen LogP contribution in [0.1, 0.15) is 6.92 Å². The van der Waals surface area contributed by atoms with Crippen molar-refractivity contribution in [3.8, 4) is 0 Å². The predicted molar refractivity (Wildman–Crippen MR) is 51.4 cm³/mol. The first kappa shape index (κ1) is 13.8. The highest BCUT2D eigenvalue weighted by atomic mass is 32.2. The molecule has 6 nitrogen and oxygen atoms in total. The first-order chi connectivity index (χ1) is 6.39. The summed E-state index contributed by atoms with van der Waals surface area (Å²) in [7, 11) is -2.12. The molecule has 0 radical (unpaired) electrons. The Bertz CT molecular complexity index is 247. The lowest BCUT2D eigenvalue weighted by Crippen LogP contribution is -2.52. The summed E-state index contributed by atoms with van der Waals surface area (Å²) in [4.78, 5) is 0. The van der Waals surface area contributed by atoms with E-state index in [0.29, 0.717) is 0 Å². The second-order valence-corrected chi connectivity index (χ2v) is 5.13. The maximum atomic E-state index is 11.3. The van der Waals surface area contributed by atoms with Gasteiger partial charge < -0.3 is 14.9 Å². The van der Waals surface area contributed by atoms with E-state index in [1.54, 1.807) is 0 Å². The van der Waals surface area contributed by atoms with Crippen LogP contribution in [-0.4, -0.2) is 56.9 Å². The Morgan fingerprint density at radius 1 is 1.36 bits per heavy atom. The lowest BCUT2D eigenvalue weighted by atomic mass is 10.1. The van der Waals surface area contributed by atoms with E-state index in [1.165, 1.54) is 14.0 Å². The van der Waals surface area contributed by atoms with Gasteiger partial charge >= 0.3 is 0 Å². The fraction of sp³-hybridized carbons (Fsp3) is 1.00. The number of rotatable bonds is 7. The Morgan fingerprint density at radius 3 is 2.21 bits per heavy atom. The van der Waals surface area contributed by atoms with Crippen molar-refractivity contribution in [2.45, 2.75) is 12.5 Å². The Kier molecular flexibility index (Phi) is 5.53. The second-order valence-electron chi connectivity index (χ2n) is 3.29. The topological polar surface area (TPSA) is 95.9 Å². The molecule has 7 heteroatoms. The summed E-state index contributed by atoms with van der Waals surface area (Å²) in [6.45, 7) is 0.561. The minimum absolute atomic E-state index is 0.0717. The number of hydrogen-bond acceptors (Lipinski definition) is 5. The Morgan fingerprint density at radius 2 is 1.86 bits per heavy atom. The molecule has 0 saturated carbocycles. The van der Waals surface area contributed by atoms with Gasteiger partial charge in [-0.05, 0) is 6.92 Å². The van der Waals surface area contributed by atoms with E-state index in [1.807, 2.05) is 0 Å². The molecule has 0 amide bonds. The van der Waals surface area contributed by atoms with Gasteiger partial charge in [0.05, 0.1) is 31.1 Å². The molecule has 0 bridgehead atoms. The van der Waals surface area contributed by atoms with Crippen molar-refractivity contribution in [3.05, 3.63) is 0 Å². The number of ether oxygens (including phenoxy) is 1. The minimum Gasteiger partial charge on any atom is -0.394 e. The first-order valence-electron chi connectivity index (χ1n) is 4.11. The molecule has 0 fully saturated rings. The molecule has 86 valence electrons. The van der Waals surface area contributed by atoms with Gasteiger partial charge in [0.15, 0.2) is 0 Å². The molecule has 0 aliphatic rings. The average molecular weight is 227 g/mol. The summed E-state index contributed by atoms with van der Waals surface area (Å²) in [5.41, 5.74) is -1.22. The number of aliphatic hydroxyl groups is 2. The Hall–Kier alpha value is -0.210. The average Bonchev–Trinajstić information content (AvgIpc) is 2.14. The fourth-order valence-electron chi connectivity index (χ4n) is 0.734. The maximum absolute atomic E-state index is 11.3. The molecule has 0 atom stereocenters. The third-order valence-electron chi connectivity index (χ3n) is 1.66. The van der Waals surface area contributed by atoms with Gasteiger partial charge in [0.25, 0.3) is 0 Å². The molecule has 0 aromatic carbocycles. The van der Waals surface area contributed by atoms with Gasteiger partial charge in [-0.3, -0.25) is 0 Å². The van der Waals surface area contributed by atoms with Crippen LogP contribution >= 0.6 is 0 Å². The highest BCUT2D eigenvalue weighted by molar-refractivity contribution is 7.89. The van der Waals surface area contributed by atoms with Gasteiger partial charge in [0.1, 0.15) is 0 Å². The van der Waals surface area contributed by atoms with Gasteiger partial charge in [-0.15, -0.1) is 0 Å². The molecule has 14 heavy (non-hydrogen) atoms. The van der Waals surface area contributed by atoms with Crippen LogP contribution in [-0.2, 0) is 14.8 Å². The predicted octanol–water partition coefficient (Wildman–Crippen LogP) is -1.70. The maximum Gasteiger partial charge on any atom is 0.214 e. The van der Waals surface area contributed by atoms with E-state index in [4.69, 9.17) is 10.2 Å². The zero-order valence-corrected chi connectivity index (χ0v) is 9.17. The zero-order chi connectivity index (χ0) is 11.2. The summed E-state index contributed by atoms with van der Waals surface area (Å²) in [6, 6.07) is 0. The molecule has 0 unspecified atom stereocenters. The van der Waals surface area contributed by atoms with Crippen molar-refractivity contribution in [2.75, 3.05) is 32.7 Å². The molecule has 0 rings (SSSR count). The molecule has 0 spiro atoms. The minimum atomic E-state index is -3.52. The van der Waals surface area contributed by atoms with Crippen LogP contribution < -0.4 is 4.72 Å². The molecule has 0 aromatic rings. The summed E-state index contributed by atoms with van der Waals surface area (Å²) < 4.78 is 29.4. The van der Waals surface area contributed by atoms with Crippen LogP contribution in [0, 0.1) is 0 Å². The quantitative estimate of drug-likeness (QED) is 0.481. The van der Waals surface area contributed by atoms with Crippen LogP contribution in [0.2, 0.25) is 0 Å². The molecule has 3 N–H and O–H groups in total. The third kappa shape index (κ3) is 4.87. The summed E-state index contributed by atoms with van der Waals surface area (Å²) in [6.07, 6.45) is 0. The lowest BCUT2D eigenvalue weighted by Gasteiger charge is -2.25. The van der Waals surface area contributed by atoms with E-state index in [-0.39, 0.29) is 12.4 Å². The van der Waals surface area contributed by atoms with E-state index in [0.717, 1.165) is 0 Å². The molecular weight excluding hydrogens is 210 g/mol. The van der Waals surface area contributed by atoms with Gasteiger partial charge in [0, 0.05) is 7.11 Å². The third-order valence-corrected chi connectivity index (χ3v) is 3.16. The van der Waals surface area contributed by atoms with Crippen molar-refractivity contribution < 1.29 is 23.4 Å². The van der Waals surface area contributed by atoms with Crippen molar-refractivity contribution >= 4 is 10.0 Å². The smallest absolute Gasteiger partial charge is 0.214 e. The fourth-order valence-corrected chi connectivity index (χ4v) is 2.10. The lowest BCUT2D eigenvalue weighted by molar-refractivity contribution is 0.121. The molecule has 0 aliphatic carbocycles. The van der Waals surface area contributed by atoms with Gasteiger partial charge in [-0.1, -0.05) is 0 Å². The monoisotopic (exact) mass is 227 g/mol. The van der Waals surface area contributed by atoms with Gasteiger partial charge in [-0.2, -0.15) is 0 Å². The highest BCUT2D eigenvalue weighted by Crippen LogP contribution is 2.03. The molecule has 0 aromatic heterocycles. The molecule has 0 saturated heterocycles.